The van der Waals surface area contributed by atoms with Crippen LogP contribution >= 0.6 is 23.1 Å². The van der Waals surface area contributed by atoms with Crippen LogP contribution in [-0.4, -0.2) is 15.8 Å². The molecule has 0 amide bonds. The van der Waals surface area contributed by atoms with Crippen LogP contribution in [0.4, 0.5) is 0 Å². The van der Waals surface area contributed by atoms with Crippen LogP contribution in [0.2, 0.25) is 0 Å². The van der Waals surface area contributed by atoms with Gasteiger partial charge in [-0.2, -0.15) is 0 Å². The Balaban J connectivity index is 1.93. The topological polar surface area (TPSA) is 34.9 Å². The first kappa shape index (κ1) is 17.8. The molecule has 1 unspecified atom stereocenters. The molecule has 26 heavy (non-hydrogen) atoms. The van der Waals surface area contributed by atoms with Crippen LogP contribution in [0, 0.1) is 11.3 Å². The zero-order valence-electron chi connectivity index (χ0n) is 15.7. The van der Waals surface area contributed by atoms with E-state index in [1.54, 1.807) is 15.9 Å². The minimum absolute atomic E-state index is 0.0808. The summed E-state index contributed by atoms with van der Waals surface area (Å²) in [5.41, 5.74) is 2.52. The Morgan fingerprint density at radius 2 is 1.96 bits per heavy atom. The molecule has 1 aliphatic rings. The summed E-state index contributed by atoms with van der Waals surface area (Å²) in [6, 6.07) is 9.85. The molecular formula is C21H24N2OS2. The third-order valence-electron chi connectivity index (χ3n) is 5.47. The van der Waals surface area contributed by atoms with Gasteiger partial charge in [0.1, 0.15) is 4.83 Å². The molecule has 1 atom stereocenters. The van der Waals surface area contributed by atoms with Gasteiger partial charge in [0.15, 0.2) is 5.16 Å². The number of hydrogen-bond acceptors (Lipinski definition) is 4. The molecule has 0 fully saturated rings. The SMILES string of the molecule is CSc1nc2sc3c(c2c(=O)n1-c1ccccc1)CCC(C(C)(C)C)C3. The molecule has 1 aromatic carbocycles. The van der Waals surface area contributed by atoms with E-state index in [0.29, 0.717) is 11.3 Å². The van der Waals surface area contributed by atoms with Crippen molar-refractivity contribution in [2.45, 2.75) is 45.2 Å². The highest BCUT2D eigenvalue weighted by Crippen LogP contribution is 2.42. The van der Waals surface area contributed by atoms with Crippen LogP contribution in [-0.2, 0) is 12.8 Å². The van der Waals surface area contributed by atoms with Crippen molar-refractivity contribution in [2.24, 2.45) is 11.3 Å². The maximum Gasteiger partial charge on any atom is 0.267 e. The van der Waals surface area contributed by atoms with Gasteiger partial charge in [0.2, 0.25) is 0 Å². The number of hydrogen-bond donors (Lipinski definition) is 0. The molecule has 4 rings (SSSR count). The van der Waals surface area contributed by atoms with Crippen LogP contribution in [0.25, 0.3) is 15.9 Å². The van der Waals surface area contributed by atoms with Crippen molar-refractivity contribution >= 4 is 33.3 Å². The molecule has 2 aromatic heterocycles. The van der Waals surface area contributed by atoms with Gasteiger partial charge in [0.05, 0.1) is 11.1 Å². The summed E-state index contributed by atoms with van der Waals surface area (Å²) in [5.74, 6) is 0.666. The maximum absolute atomic E-state index is 13.4. The van der Waals surface area contributed by atoms with Crippen molar-refractivity contribution in [3.05, 3.63) is 51.1 Å². The quantitative estimate of drug-likeness (QED) is 0.443. The first-order valence-corrected chi connectivity index (χ1v) is 11.1. The predicted octanol–water partition coefficient (Wildman–Crippen LogP) is 5.32. The summed E-state index contributed by atoms with van der Waals surface area (Å²) in [6.45, 7) is 6.97. The Kier molecular flexibility index (Phi) is 4.48. The van der Waals surface area contributed by atoms with Crippen LogP contribution in [0.3, 0.4) is 0 Å². The molecule has 2 heterocycles. The zero-order chi connectivity index (χ0) is 18.5. The van der Waals surface area contributed by atoms with Crippen LogP contribution in [0.5, 0.6) is 0 Å². The second-order valence-electron chi connectivity index (χ2n) is 8.06. The molecule has 0 N–H and O–H groups in total. The molecule has 0 spiro atoms. The third kappa shape index (κ3) is 2.91. The summed E-state index contributed by atoms with van der Waals surface area (Å²) in [7, 11) is 0. The number of para-hydroxylation sites is 1. The molecule has 0 radical (unpaired) electrons. The molecule has 3 aromatic rings. The monoisotopic (exact) mass is 384 g/mol. The highest BCUT2D eigenvalue weighted by Gasteiger charge is 2.32. The standard InChI is InChI=1S/C21H24N2OS2/c1-21(2,3)13-10-11-15-16(12-13)26-18-17(15)19(24)23(20(22-18)25-4)14-8-6-5-7-9-14/h5-9,13H,10-12H2,1-4H3. The number of aryl methyl sites for hydroxylation is 1. The number of thioether (sulfide) groups is 1. The number of fused-ring (bicyclic) bond motifs is 3. The summed E-state index contributed by atoms with van der Waals surface area (Å²) in [4.78, 5) is 20.6. The van der Waals surface area contributed by atoms with Gasteiger partial charge in [0, 0.05) is 4.88 Å². The van der Waals surface area contributed by atoms with E-state index in [0.717, 1.165) is 40.3 Å². The second kappa shape index (κ2) is 6.54. The van der Waals surface area contributed by atoms with E-state index in [1.807, 2.05) is 36.6 Å². The van der Waals surface area contributed by atoms with Crippen molar-refractivity contribution in [3.8, 4) is 5.69 Å². The lowest BCUT2D eigenvalue weighted by molar-refractivity contribution is 0.218. The fourth-order valence-corrected chi connectivity index (χ4v) is 5.79. The molecule has 136 valence electrons. The highest BCUT2D eigenvalue weighted by atomic mass is 32.2. The van der Waals surface area contributed by atoms with E-state index in [9.17, 15) is 4.79 Å². The smallest absolute Gasteiger partial charge is 0.267 e. The Morgan fingerprint density at radius 1 is 1.23 bits per heavy atom. The lowest BCUT2D eigenvalue weighted by Crippen LogP contribution is -2.27. The van der Waals surface area contributed by atoms with Gasteiger partial charge in [-0.1, -0.05) is 50.7 Å². The van der Waals surface area contributed by atoms with Crippen molar-refractivity contribution < 1.29 is 0 Å². The predicted molar refractivity (Wildman–Crippen MR) is 112 cm³/mol. The van der Waals surface area contributed by atoms with Gasteiger partial charge in [-0.05, 0) is 54.5 Å². The Bertz CT molecular complexity index is 1010. The van der Waals surface area contributed by atoms with Crippen molar-refractivity contribution in [1.82, 2.24) is 9.55 Å². The molecule has 0 bridgehead atoms. The van der Waals surface area contributed by atoms with Crippen LogP contribution < -0.4 is 5.56 Å². The van der Waals surface area contributed by atoms with Gasteiger partial charge >= 0.3 is 0 Å². The average Bonchev–Trinajstić information content (AvgIpc) is 2.99. The number of aromatic nitrogens is 2. The van der Waals surface area contributed by atoms with Gasteiger partial charge in [0.25, 0.3) is 5.56 Å². The van der Waals surface area contributed by atoms with Crippen LogP contribution in [0.1, 0.15) is 37.6 Å². The minimum Gasteiger partial charge on any atom is -0.268 e. The molecular weight excluding hydrogens is 360 g/mol. The molecule has 0 aliphatic heterocycles. The second-order valence-corrected chi connectivity index (χ2v) is 9.92. The Morgan fingerprint density at radius 3 is 2.62 bits per heavy atom. The van der Waals surface area contributed by atoms with Gasteiger partial charge < -0.3 is 0 Å². The fraction of sp³-hybridized carbons (Fsp3) is 0.429. The summed E-state index contributed by atoms with van der Waals surface area (Å²) >= 11 is 3.26. The van der Waals surface area contributed by atoms with Gasteiger partial charge in [-0.3, -0.25) is 9.36 Å². The van der Waals surface area contributed by atoms with Crippen molar-refractivity contribution in [1.29, 1.82) is 0 Å². The van der Waals surface area contributed by atoms with E-state index in [2.05, 4.69) is 20.8 Å². The normalized spacial score (nSPS) is 17.5. The summed E-state index contributed by atoms with van der Waals surface area (Å²) in [5, 5.41) is 1.61. The molecule has 1 aliphatic carbocycles. The van der Waals surface area contributed by atoms with E-state index < -0.39 is 0 Å². The molecule has 5 heteroatoms. The third-order valence-corrected chi connectivity index (χ3v) is 7.26. The summed E-state index contributed by atoms with van der Waals surface area (Å²) < 4.78 is 1.77. The van der Waals surface area contributed by atoms with E-state index >= 15 is 0 Å². The maximum atomic E-state index is 13.4. The van der Waals surface area contributed by atoms with Crippen LogP contribution in [0.15, 0.2) is 40.3 Å². The van der Waals surface area contributed by atoms with Crippen molar-refractivity contribution in [3.63, 3.8) is 0 Å². The summed E-state index contributed by atoms with van der Waals surface area (Å²) in [6.07, 6.45) is 5.19. The van der Waals surface area contributed by atoms with E-state index in [-0.39, 0.29) is 5.56 Å². The largest absolute Gasteiger partial charge is 0.268 e. The first-order valence-electron chi connectivity index (χ1n) is 9.07. The molecule has 0 saturated carbocycles. The molecule has 0 saturated heterocycles. The first-order chi connectivity index (χ1) is 12.4. The number of benzene rings is 1. The van der Waals surface area contributed by atoms with Gasteiger partial charge in [-0.25, -0.2) is 4.98 Å². The van der Waals surface area contributed by atoms with E-state index in [1.165, 1.54) is 22.2 Å². The Hall–Kier alpha value is -1.59. The number of nitrogens with zero attached hydrogens (tertiary/aromatic N) is 2. The number of rotatable bonds is 2. The molecule has 3 nitrogen and oxygen atoms in total. The van der Waals surface area contributed by atoms with E-state index in [4.69, 9.17) is 4.98 Å². The lowest BCUT2D eigenvalue weighted by Gasteiger charge is -2.33. The average molecular weight is 385 g/mol. The fourth-order valence-electron chi connectivity index (χ4n) is 3.89. The van der Waals surface area contributed by atoms with Crippen molar-refractivity contribution in [2.75, 3.05) is 6.26 Å². The van der Waals surface area contributed by atoms with Gasteiger partial charge in [-0.15, -0.1) is 11.3 Å². The zero-order valence-corrected chi connectivity index (χ0v) is 17.3. The highest BCUT2D eigenvalue weighted by molar-refractivity contribution is 7.98. The Labute approximate surface area is 162 Å². The minimum atomic E-state index is 0.0808. The lowest BCUT2D eigenvalue weighted by atomic mass is 9.72. The number of thiophene rings is 1.